The number of aryl methyl sites for hydroxylation is 2. The summed E-state index contributed by atoms with van der Waals surface area (Å²) in [7, 11) is 1.70. The third kappa shape index (κ3) is 3.51. The third-order valence-electron chi connectivity index (χ3n) is 4.90. The van der Waals surface area contributed by atoms with Gasteiger partial charge in [0.2, 0.25) is 0 Å². The summed E-state index contributed by atoms with van der Waals surface area (Å²) in [5, 5.41) is 4.85. The maximum Gasteiger partial charge on any atom is 0.268 e. The number of rotatable bonds is 4. The lowest BCUT2D eigenvalue weighted by molar-refractivity contribution is 0.0996. The van der Waals surface area contributed by atoms with Crippen molar-refractivity contribution >= 4 is 34.5 Å². The Morgan fingerprint density at radius 2 is 1.81 bits per heavy atom. The van der Waals surface area contributed by atoms with Gasteiger partial charge in [-0.3, -0.25) is 9.59 Å². The minimum atomic E-state index is -0.214. The van der Waals surface area contributed by atoms with E-state index in [9.17, 15) is 9.59 Å². The van der Waals surface area contributed by atoms with Gasteiger partial charge in [-0.2, -0.15) is 0 Å². The highest BCUT2D eigenvalue weighted by molar-refractivity contribution is 7.12. The van der Waals surface area contributed by atoms with Gasteiger partial charge in [-0.1, -0.05) is 24.3 Å². The monoisotopic (exact) mass is 376 g/mol. The number of amides is 2. The predicted molar refractivity (Wildman–Crippen MR) is 110 cm³/mol. The van der Waals surface area contributed by atoms with Crippen molar-refractivity contribution in [1.29, 1.82) is 0 Å². The van der Waals surface area contributed by atoms with Crippen molar-refractivity contribution in [2.75, 3.05) is 17.3 Å². The summed E-state index contributed by atoms with van der Waals surface area (Å²) in [4.78, 5) is 27.8. The summed E-state index contributed by atoms with van der Waals surface area (Å²) in [5.41, 5.74) is 4.54. The summed E-state index contributed by atoms with van der Waals surface area (Å²) in [6.45, 7) is 0. The Morgan fingerprint density at radius 3 is 2.63 bits per heavy atom. The third-order valence-corrected chi connectivity index (χ3v) is 5.76. The standard InChI is InChI=1S/C22H20N2O2S/c1-24(22(26)20-10-5-13-27-20)19-9-3-2-8-18(19)21(25)23-17-12-11-15-6-4-7-16(15)14-17/h2-3,5,8-14H,4,6-7H2,1H3,(H,23,25). The van der Waals surface area contributed by atoms with E-state index in [-0.39, 0.29) is 11.8 Å². The SMILES string of the molecule is CN(C(=O)c1cccs1)c1ccccc1C(=O)Nc1ccc2c(c1)CCC2. The number of carbonyl (C=O) groups is 2. The van der Waals surface area contributed by atoms with Gasteiger partial charge in [0.05, 0.1) is 16.1 Å². The van der Waals surface area contributed by atoms with Crippen LogP contribution in [-0.2, 0) is 12.8 Å². The fourth-order valence-corrected chi connectivity index (χ4v) is 4.18. The molecule has 2 amide bonds. The fraction of sp³-hybridized carbons (Fsp3) is 0.182. The molecule has 0 fully saturated rings. The second-order valence-electron chi connectivity index (χ2n) is 6.65. The first-order chi connectivity index (χ1) is 13.1. The summed E-state index contributed by atoms with van der Waals surface area (Å²) >= 11 is 1.39. The Morgan fingerprint density at radius 1 is 1.00 bits per heavy atom. The molecule has 0 radical (unpaired) electrons. The molecule has 4 rings (SSSR count). The van der Waals surface area contributed by atoms with E-state index in [0.717, 1.165) is 18.5 Å². The molecule has 1 aliphatic carbocycles. The number of thiophene rings is 1. The summed E-state index contributed by atoms with van der Waals surface area (Å²) in [6, 6.07) is 16.9. The fourth-order valence-electron chi connectivity index (χ4n) is 3.48. The number of hydrogen-bond donors (Lipinski definition) is 1. The van der Waals surface area contributed by atoms with E-state index < -0.39 is 0 Å². The van der Waals surface area contributed by atoms with Gasteiger partial charge in [-0.15, -0.1) is 11.3 Å². The number of anilines is 2. The van der Waals surface area contributed by atoms with Crippen LogP contribution in [0.2, 0.25) is 0 Å². The van der Waals surface area contributed by atoms with E-state index in [1.54, 1.807) is 25.2 Å². The quantitative estimate of drug-likeness (QED) is 0.713. The van der Waals surface area contributed by atoms with E-state index >= 15 is 0 Å². The molecule has 4 nitrogen and oxygen atoms in total. The molecule has 5 heteroatoms. The van der Waals surface area contributed by atoms with Crippen LogP contribution in [-0.4, -0.2) is 18.9 Å². The lowest BCUT2D eigenvalue weighted by Crippen LogP contribution is -2.28. The van der Waals surface area contributed by atoms with Crippen LogP contribution in [0.25, 0.3) is 0 Å². The maximum absolute atomic E-state index is 12.9. The maximum atomic E-state index is 12.9. The van der Waals surface area contributed by atoms with Crippen molar-refractivity contribution in [1.82, 2.24) is 0 Å². The van der Waals surface area contributed by atoms with Crippen LogP contribution in [0.15, 0.2) is 60.0 Å². The Bertz CT molecular complexity index is 995. The zero-order valence-corrected chi connectivity index (χ0v) is 15.9. The number of benzene rings is 2. The molecule has 2 aromatic carbocycles. The number of hydrogen-bond acceptors (Lipinski definition) is 3. The number of nitrogens with zero attached hydrogens (tertiary/aromatic N) is 1. The molecular weight excluding hydrogens is 356 g/mol. The normalized spacial score (nSPS) is 12.5. The summed E-state index contributed by atoms with van der Waals surface area (Å²) in [5.74, 6) is -0.336. The van der Waals surface area contributed by atoms with Gasteiger partial charge in [-0.05, 0) is 66.1 Å². The molecule has 1 N–H and O–H groups in total. The van der Waals surface area contributed by atoms with Crippen molar-refractivity contribution < 1.29 is 9.59 Å². The first-order valence-corrected chi connectivity index (χ1v) is 9.85. The molecule has 0 unspecified atom stereocenters. The van der Waals surface area contributed by atoms with E-state index in [1.807, 2.05) is 29.6 Å². The van der Waals surface area contributed by atoms with Gasteiger partial charge in [0.25, 0.3) is 11.8 Å². The van der Waals surface area contributed by atoms with Crippen LogP contribution in [0, 0.1) is 0 Å². The molecular formula is C22H20N2O2S. The largest absolute Gasteiger partial charge is 0.322 e. The molecule has 1 heterocycles. The lowest BCUT2D eigenvalue weighted by atomic mass is 10.1. The molecule has 27 heavy (non-hydrogen) atoms. The lowest BCUT2D eigenvalue weighted by Gasteiger charge is -2.20. The highest BCUT2D eigenvalue weighted by atomic mass is 32.1. The van der Waals surface area contributed by atoms with Crippen LogP contribution in [0.3, 0.4) is 0 Å². The second-order valence-corrected chi connectivity index (χ2v) is 7.60. The molecule has 136 valence electrons. The Labute approximate surface area is 162 Å². The van der Waals surface area contributed by atoms with Crippen LogP contribution in [0.1, 0.15) is 37.6 Å². The van der Waals surface area contributed by atoms with Gasteiger partial charge in [-0.25, -0.2) is 0 Å². The Hall–Kier alpha value is -2.92. The van der Waals surface area contributed by atoms with Crippen LogP contribution >= 0.6 is 11.3 Å². The molecule has 0 saturated heterocycles. The highest BCUT2D eigenvalue weighted by Crippen LogP contribution is 2.27. The van der Waals surface area contributed by atoms with Crippen molar-refractivity contribution in [3.05, 3.63) is 81.5 Å². The smallest absolute Gasteiger partial charge is 0.268 e. The average Bonchev–Trinajstić information content (AvgIpc) is 3.38. The van der Waals surface area contributed by atoms with Crippen LogP contribution in [0.4, 0.5) is 11.4 Å². The molecule has 0 atom stereocenters. The van der Waals surface area contributed by atoms with Crippen molar-refractivity contribution in [3.8, 4) is 0 Å². The van der Waals surface area contributed by atoms with Crippen LogP contribution in [0.5, 0.6) is 0 Å². The number of carbonyl (C=O) groups excluding carboxylic acids is 2. The van der Waals surface area contributed by atoms with E-state index in [0.29, 0.717) is 16.1 Å². The van der Waals surface area contributed by atoms with Crippen LogP contribution < -0.4 is 10.2 Å². The number of fused-ring (bicyclic) bond motifs is 1. The van der Waals surface area contributed by atoms with Gasteiger partial charge in [0.1, 0.15) is 0 Å². The van der Waals surface area contributed by atoms with E-state index in [2.05, 4.69) is 17.4 Å². The average molecular weight is 376 g/mol. The second kappa shape index (κ2) is 7.37. The molecule has 0 bridgehead atoms. The Balaban J connectivity index is 1.58. The summed E-state index contributed by atoms with van der Waals surface area (Å²) in [6.07, 6.45) is 3.35. The zero-order chi connectivity index (χ0) is 18.8. The van der Waals surface area contributed by atoms with Gasteiger partial charge in [0.15, 0.2) is 0 Å². The zero-order valence-electron chi connectivity index (χ0n) is 15.1. The predicted octanol–water partition coefficient (Wildman–Crippen LogP) is 4.77. The first kappa shape index (κ1) is 17.5. The molecule has 0 aliphatic heterocycles. The number of para-hydroxylation sites is 1. The number of nitrogens with one attached hydrogen (secondary N) is 1. The minimum absolute atomic E-state index is 0.122. The minimum Gasteiger partial charge on any atom is -0.322 e. The van der Waals surface area contributed by atoms with E-state index in [1.165, 1.54) is 33.8 Å². The summed E-state index contributed by atoms with van der Waals surface area (Å²) < 4.78 is 0. The van der Waals surface area contributed by atoms with Gasteiger partial charge >= 0.3 is 0 Å². The first-order valence-electron chi connectivity index (χ1n) is 8.97. The van der Waals surface area contributed by atoms with Gasteiger partial charge in [0, 0.05) is 12.7 Å². The molecule has 0 saturated carbocycles. The van der Waals surface area contributed by atoms with Crippen molar-refractivity contribution in [2.24, 2.45) is 0 Å². The van der Waals surface area contributed by atoms with Gasteiger partial charge < -0.3 is 10.2 Å². The van der Waals surface area contributed by atoms with E-state index in [4.69, 9.17) is 0 Å². The molecule has 3 aromatic rings. The Kier molecular flexibility index (Phi) is 4.77. The van der Waals surface area contributed by atoms with Crippen molar-refractivity contribution in [2.45, 2.75) is 19.3 Å². The van der Waals surface area contributed by atoms with Crippen molar-refractivity contribution in [3.63, 3.8) is 0 Å². The molecule has 1 aliphatic rings. The highest BCUT2D eigenvalue weighted by Gasteiger charge is 2.20. The topological polar surface area (TPSA) is 49.4 Å². The molecule has 0 spiro atoms. The molecule has 1 aromatic heterocycles.